The maximum absolute atomic E-state index is 12.8. The Labute approximate surface area is 176 Å². The zero-order valence-electron chi connectivity index (χ0n) is 16.2. The van der Waals surface area contributed by atoms with Gasteiger partial charge in [-0.05, 0) is 62.4 Å². The van der Waals surface area contributed by atoms with E-state index in [1.807, 2.05) is 31.2 Å². The minimum Gasteiger partial charge on any atom is -0.348 e. The first-order valence-corrected chi connectivity index (χ1v) is 11.6. The molecular formula is C21H22N4O2S2. The minimum atomic E-state index is -0.150. The van der Waals surface area contributed by atoms with Crippen LogP contribution in [-0.2, 0) is 4.79 Å². The number of hydrogen-bond donors (Lipinski definition) is 2. The number of aromatic nitrogens is 1. The lowest BCUT2D eigenvalue weighted by Crippen LogP contribution is -2.16. The van der Waals surface area contributed by atoms with Gasteiger partial charge in [-0.1, -0.05) is 11.3 Å². The highest BCUT2D eigenvalue weighted by molar-refractivity contribution is 7.22. The molecule has 2 fully saturated rings. The van der Waals surface area contributed by atoms with E-state index >= 15 is 0 Å². The van der Waals surface area contributed by atoms with Crippen LogP contribution in [0.3, 0.4) is 0 Å². The number of rotatable bonds is 5. The highest BCUT2D eigenvalue weighted by atomic mass is 32.1. The van der Waals surface area contributed by atoms with Crippen molar-refractivity contribution in [2.75, 3.05) is 28.6 Å². The van der Waals surface area contributed by atoms with Crippen molar-refractivity contribution in [3.63, 3.8) is 0 Å². The van der Waals surface area contributed by atoms with Crippen molar-refractivity contribution in [2.24, 2.45) is 5.92 Å². The van der Waals surface area contributed by atoms with Crippen molar-refractivity contribution >= 4 is 60.5 Å². The Hall–Kier alpha value is -2.45. The van der Waals surface area contributed by atoms with Gasteiger partial charge in [-0.25, -0.2) is 4.98 Å². The van der Waals surface area contributed by atoms with Crippen LogP contribution in [0.2, 0.25) is 0 Å². The summed E-state index contributed by atoms with van der Waals surface area (Å²) in [5, 5.41) is 7.72. The van der Waals surface area contributed by atoms with E-state index in [0.717, 1.165) is 57.5 Å². The van der Waals surface area contributed by atoms with E-state index in [-0.39, 0.29) is 17.7 Å². The van der Waals surface area contributed by atoms with E-state index in [9.17, 15) is 9.59 Å². The van der Waals surface area contributed by atoms with Crippen molar-refractivity contribution in [1.29, 1.82) is 0 Å². The number of carbonyl (C=O) groups is 2. The Balaban J connectivity index is 1.31. The van der Waals surface area contributed by atoms with E-state index in [2.05, 4.69) is 15.5 Å². The van der Waals surface area contributed by atoms with Crippen LogP contribution in [0.5, 0.6) is 0 Å². The Bertz CT molecular complexity index is 1090. The van der Waals surface area contributed by atoms with E-state index in [1.54, 1.807) is 11.3 Å². The first-order chi connectivity index (χ1) is 14.1. The summed E-state index contributed by atoms with van der Waals surface area (Å²) in [4.78, 5) is 32.4. The van der Waals surface area contributed by atoms with Crippen LogP contribution in [0.1, 0.15) is 40.9 Å². The number of nitrogens with zero attached hydrogens (tertiary/aromatic N) is 2. The van der Waals surface area contributed by atoms with Gasteiger partial charge in [0.1, 0.15) is 0 Å². The summed E-state index contributed by atoms with van der Waals surface area (Å²) in [6.07, 6.45) is 4.37. The van der Waals surface area contributed by atoms with Gasteiger partial charge in [0.05, 0.1) is 20.1 Å². The summed E-state index contributed by atoms with van der Waals surface area (Å²) in [5.41, 5.74) is 2.59. The molecule has 1 aliphatic carbocycles. The number of nitrogens with one attached hydrogen (secondary N) is 2. The van der Waals surface area contributed by atoms with Crippen molar-refractivity contribution in [3.05, 3.63) is 34.7 Å². The zero-order chi connectivity index (χ0) is 20.0. The van der Waals surface area contributed by atoms with E-state index in [4.69, 9.17) is 4.98 Å². The molecule has 0 radical (unpaired) electrons. The van der Waals surface area contributed by atoms with E-state index < -0.39 is 0 Å². The fourth-order valence-electron chi connectivity index (χ4n) is 3.56. The number of benzene rings is 1. The van der Waals surface area contributed by atoms with Gasteiger partial charge in [-0.15, -0.1) is 11.3 Å². The van der Waals surface area contributed by atoms with Gasteiger partial charge in [0.25, 0.3) is 5.91 Å². The molecule has 2 N–H and O–H groups in total. The van der Waals surface area contributed by atoms with Crippen LogP contribution >= 0.6 is 22.7 Å². The molecular weight excluding hydrogens is 404 g/mol. The summed E-state index contributed by atoms with van der Waals surface area (Å²) in [6, 6.07) is 7.72. The van der Waals surface area contributed by atoms with E-state index in [0.29, 0.717) is 4.88 Å². The Morgan fingerprint density at radius 2 is 1.90 bits per heavy atom. The molecule has 0 unspecified atom stereocenters. The van der Waals surface area contributed by atoms with Crippen molar-refractivity contribution in [3.8, 4) is 0 Å². The Morgan fingerprint density at radius 1 is 1.10 bits per heavy atom. The molecule has 1 aliphatic heterocycles. The maximum Gasteiger partial charge on any atom is 0.266 e. The third-order valence-corrected chi connectivity index (χ3v) is 7.56. The van der Waals surface area contributed by atoms with Gasteiger partial charge < -0.3 is 15.5 Å². The summed E-state index contributed by atoms with van der Waals surface area (Å²) in [5.74, 6) is 0.0528. The minimum absolute atomic E-state index is 0.0580. The number of carbonyl (C=O) groups excluding carboxylic acids is 2. The van der Waals surface area contributed by atoms with Crippen molar-refractivity contribution in [2.45, 2.75) is 32.6 Å². The molecule has 1 saturated carbocycles. The standard InChI is InChI=1S/C21H22N4O2S2/c1-12-10-17(24-19(26)13-4-5-13)29-18(12)20(27)22-14-6-7-15-16(11-14)28-21(23-15)25-8-2-3-9-25/h6-7,10-11,13H,2-5,8-9H2,1H3,(H,22,27)(H,24,26). The highest BCUT2D eigenvalue weighted by Gasteiger charge is 2.30. The summed E-state index contributed by atoms with van der Waals surface area (Å²) >= 11 is 3.00. The number of thiazole rings is 1. The lowest BCUT2D eigenvalue weighted by molar-refractivity contribution is -0.117. The molecule has 8 heteroatoms. The second-order valence-corrected chi connectivity index (χ2v) is 9.77. The number of hydrogen-bond acceptors (Lipinski definition) is 6. The first-order valence-electron chi connectivity index (χ1n) is 9.95. The van der Waals surface area contributed by atoms with Crippen LogP contribution in [0.25, 0.3) is 10.2 Å². The number of thiophene rings is 1. The molecule has 2 amide bonds. The predicted molar refractivity (Wildman–Crippen MR) is 119 cm³/mol. The molecule has 0 atom stereocenters. The monoisotopic (exact) mass is 426 g/mol. The van der Waals surface area contributed by atoms with Gasteiger partial charge in [0.2, 0.25) is 5.91 Å². The highest BCUT2D eigenvalue weighted by Crippen LogP contribution is 2.34. The van der Waals surface area contributed by atoms with Gasteiger partial charge >= 0.3 is 0 Å². The lowest BCUT2D eigenvalue weighted by Gasteiger charge is -2.11. The van der Waals surface area contributed by atoms with Crippen molar-refractivity contribution in [1.82, 2.24) is 4.98 Å². The number of aryl methyl sites for hydroxylation is 1. The lowest BCUT2D eigenvalue weighted by atomic mass is 10.2. The molecule has 3 heterocycles. The van der Waals surface area contributed by atoms with Crippen LogP contribution in [0, 0.1) is 12.8 Å². The molecule has 29 heavy (non-hydrogen) atoms. The normalized spacial score (nSPS) is 16.4. The molecule has 0 bridgehead atoms. The van der Waals surface area contributed by atoms with Gasteiger partial charge in [-0.2, -0.15) is 0 Å². The Kier molecular flexibility index (Phi) is 4.75. The third kappa shape index (κ3) is 3.86. The molecule has 0 spiro atoms. The largest absolute Gasteiger partial charge is 0.348 e. The SMILES string of the molecule is Cc1cc(NC(=O)C2CC2)sc1C(=O)Nc1ccc2nc(N3CCCC3)sc2c1. The summed E-state index contributed by atoms with van der Waals surface area (Å²) in [6.45, 7) is 4.04. The summed E-state index contributed by atoms with van der Waals surface area (Å²) < 4.78 is 1.07. The molecule has 150 valence electrons. The molecule has 3 aromatic rings. The van der Waals surface area contributed by atoms with Crippen LogP contribution < -0.4 is 15.5 Å². The van der Waals surface area contributed by atoms with Gasteiger partial charge in [0, 0.05) is 24.7 Å². The summed E-state index contributed by atoms with van der Waals surface area (Å²) in [7, 11) is 0. The number of anilines is 3. The predicted octanol–water partition coefficient (Wildman–Crippen LogP) is 4.87. The molecule has 1 saturated heterocycles. The topological polar surface area (TPSA) is 74.3 Å². The Morgan fingerprint density at radius 3 is 2.66 bits per heavy atom. The average molecular weight is 427 g/mol. The first kappa shape index (κ1) is 18.6. The number of fused-ring (bicyclic) bond motifs is 1. The maximum atomic E-state index is 12.8. The fraction of sp³-hybridized carbons (Fsp3) is 0.381. The second-order valence-electron chi connectivity index (χ2n) is 7.71. The molecule has 6 nitrogen and oxygen atoms in total. The zero-order valence-corrected chi connectivity index (χ0v) is 17.8. The van der Waals surface area contributed by atoms with Gasteiger partial charge in [-0.3, -0.25) is 9.59 Å². The number of amides is 2. The second kappa shape index (κ2) is 7.42. The smallest absolute Gasteiger partial charge is 0.266 e. The molecule has 5 rings (SSSR count). The average Bonchev–Trinajstić information content (AvgIpc) is 3.09. The van der Waals surface area contributed by atoms with Gasteiger partial charge in [0.15, 0.2) is 5.13 Å². The van der Waals surface area contributed by atoms with Crippen LogP contribution in [-0.4, -0.2) is 29.9 Å². The molecule has 1 aromatic carbocycles. The quantitative estimate of drug-likeness (QED) is 0.611. The van der Waals surface area contributed by atoms with Crippen LogP contribution in [0.4, 0.5) is 15.8 Å². The van der Waals surface area contributed by atoms with E-state index in [1.165, 1.54) is 24.2 Å². The third-order valence-electron chi connectivity index (χ3n) is 5.33. The fourth-order valence-corrected chi connectivity index (χ4v) is 5.59. The van der Waals surface area contributed by atoms with Crippen LogP contribution in [0.15, 0.2) is 24.3 Å². The molecule has 2 aromatic heterocycles. The van der Waals surface area contributed by atoms with Crippen molar-refractivity contribution < 1.29 is 9.59 Å². The molecule has 2 aliphatic rings.